The highest BCUT2D eigenvalue weighted by Crippen LogP contribution is 2.27. The fourth-order valence-corrected chi connectivity index (χ4v) is 2.36. The van der Waals surface area contributed by atoms with E-state index in [0.29, 0.717) is 16.7 Å². The van der Waals surface area contributed by atoms with Crippen LogP contribution in [0.4, 0.5) is 18.9 Å². The lowest BCUT2D eigenvalue weighted by Crippen LogP contribution is -2.19. The number of hydrogen-bond acceptors (Lipinski definition) is 4. The zero-order chi connectivity index (χ0) is 14.6. The smallest absolute Gasteiger partial charge is 0.422 e. The van der Waals surface area contributed by atoms with Gasteiger partial charge in [0.2, 0.25) is 0 Å². The summed E-state index contributed by atoms with van der Waals surface area (Å²) in [4.78, 5) is 4.76. The summed E-state index contributed by atoms with van der Waals surface area (Å²) in [5.74, 6) is 0.153. The van der Waals surface area contributed by atoms with Gasteiger partial charge >= 0.3 is 6.18 Å². The molecule has 0 fully saturated rings. The zero-order valence-corrected chi connectivity index (χ0v) is 11.6. The molecule has 8 heteroatoms. The minimum Gasteiger partial charge on any atom is -0.482 e. The second-order valence-electron chi connectivity index (χ2n) is 3.83. The van der Waals surface area contributed by atoms with Crippen molar-refractivity contribution in [3.8, 4) is 5.75 Å². The predicted octanol–water partition coefficient (Wildman–Crippen LogP) is 4.35. The number of rotatable bonds is 5. The van der Waals surface area contributed by atoms with E-state index >= 15 is 0 Å². The molecule has 1 N–H and O–H groups in total. The summed E-state index contributed by atoms with van der Waals surface area (Å²) in [5.41, 5.74) is 0.487. The van der Waals surface area contributed by atoms with Gasteiger partial charge in [0.1, 0.15) is 5.75 Å². The van der Waals surface area contributed by atoms with Crippen LogP contribution in [0.2, 0.25) is 4.47 Å². The summed E-state index contributed by atoms with van der Waals surface area (Å²) < 4.78 is 41.7. The minimum absolute atomic E-state index is 0.153. The van der Waals surface area contributed by atoms with E-state index < -0.39 is 12.8 Å². The van der Waals surface area contributed by atoms with Crippen molar-refractivity contribution in [1.82, 2.24) is 4.98 Å². The molecule has 0 unspecified atom stereocenters. The Kier molecular flexibility index (Phi) is 4.72. The first-order valence-corrected chi connectivity index (χ1v) is 6.76. The topological polar surface area (TPSA) is 34.1 Å². The molecule has 0 saturated heterocycles. The number of alkyl halides is 3. The number of nitrogens with one attached hydrogen (secondary N) is 1. The van der Waals surface area contributed by atoms with E-state index in [2.05, 4.69) is 10.3 Å². The fraction of sp³-hybridized carbons (Fsp3) is 0.250. The van der Waals surface area contributed by atoms with E-state index in [0.717, 1.165) is 4.88 Å². The van der Waals surface area contributed by atoms with Crippen molar-refractivity contribution in [1.29, 1.82) is 0 Å². The lowest BCUT2D eigenvalue weighted by Gasteiger charge is -2.13. The van der Waals surface area contributed by atoms with Gasteiger partial charge in [-0.05, 0) is 12.1 Å². The van der Waals surface area contributed by atoms with Crippen molar-refractivity contribution in [2.75, 3.05) is 11.9 Å². The normalized spacial score (nSPS) is 11.4. The number of aromatic nitrogens is 1. The monoisotopic (exact) mass is 322 g/mol. The highest BCUT2D eigenvalue weighted by Gasteiger charge is 2.28. The first-order valence-electron chi connectivity index (χ1n) is 5.57. The molecule has 2 aromatic rings. The van der Waals surface area contributed by atoms with Crippen molar-refractivity contribution in [2.24, 2.45) is 0 Å². The molecule has 1 heterocycles. The average Bonchev–Trinajstić information content (AvgIpc) is 2.80. The molecular weight excluding hydrogens is 313 g/mol. The van der Waals surface area contributed by atoms with Gasteiger partial charge in [-0.1, -0.05) is 23.7 Å². The van der Waals surface area contributed by atoms with Crippen LogP contribution in [0, 0.1) is 0 Å². The van der Waals surface area contributed by atoms with Gasteiger partial charge in [0.05, 0.1) is 12.2 Å². The molecule has 1 aromatic heterocycles. The molecule has 0 saturated carbocycles. The SMILES string of the molecule is FC(F)(F)COc1ccccc1NCc1cnc(Cl)s1. The molecule has 0 bridgehead atoms. The highest BCUT2D eigenvalue weighted by atomic mass is 35.5. The molecule has 2 rings (SSSR count). The first-order chi connectivity index (χ1) is 9.44. The molecule has 3 nitrogen and oxygen atoms in total. The van der Waals surface area contributed by atoms with Crippen molar-refractivity contribution in [2.45, 2.75) is 12.7 Å². The van der Waals surface area contributed by atoms with Crippen LogP contribution in [0.15, 0.2) is 30.5 Å². The van der Waals surface area contributed by atoms with Crippen LogP contribution < -0.4 is 10.1 Å². The standard InChI is InChI=1S/C12H10ClF3N2OS/c13-11-18-6-8(20-11)5-17-9-3-1-2-4-10(9)19-7-12(14,15)16/h1-4,6,17H,5,7H2. The Morgan fingerprint density at radius 2 is 2.05 bits per heavy atom. The summed E-state index contributed by atoms with van der Waals surface area (Å²) in [6.45, 7) is -0.908. The molecule has 0 aliphatic heterocycles. The van der Waals surface area contributed by atoms with Crippen LogP contribution in [-0.2, 0) is 6.54 Å². The lowest BCUT2D eigenvalue weighted by atomic mass is 10.3. The van der Waals surface area contributed by atoms with Gasteiger partial charge < -0.3 is 10.1 Å². The molecule has 20 heavy (non-hydrogen) atoms. The Morgan fingerprint density at radius 3 is 2.70 bits per heavy atom. The van der Waals surface area contributed by atoms with Gasteiger partial charge in [0.25, 0.3) is 0 Å². The minimum atomic E-state index is -4.36. The fourth-order valence-electron chi connectivity index (χ4n) is 1.45. The van der Waals surface area contributed by atoms with Gasteiger partial charge in [-0.2, -0.15) is 13.2 Å². The highest BCUT2D eigenvalue weighted by molar-refractivity contribution is 7.15. The molecule has 0 radical (unpaired) electrons. The number of thiazole rings is 1. The second-order valence-corrected chi connectivity index (χ2v) is 5.53. The third-order valence-corrected chi connectivity index (χ3v) is 3.37. The maximum atomic E-state index is 12.2. The largest absolute Gasteiger partial charge is 0.482 e. The Morgan fingerprint density at radius 1 is 1.30 bits per heavy atom. The van der Waals surface area contributed by atoms with Crippen LogP contribution in [0.1, 0.15) is 4.88 Å². The average molecular weight is 323 g/mol. The number of benzene rings is 1. The summed E-state index contributed by atoms with van der Waals surface area (Å²) in [6, 6.07) is 6.45. The van der Waals surface area contributed by atoms with Crippen LogP contribution in [0.5, 0.6) is 5.75 Å². The predicted molar refractivity (Wildman–Crippen MR) is 72.4 cm³/mol. The number of nitrogens with zero attached hydrogens (tertiary/aromatic N) is 1. The quantitative estimate of drug-likeness (QED) is 0.888. The number of halogens is 4. The third kappa shape index (κ3) is 4.57. The molecule has 108 valence electrons. The van der Waals surface area contributed by atoms with E-state index in [9.17, 15) is 13.2 Å². The maximum Gasteiger partial charge on any atom is 0.422 e. The van der Waals surface area contributed by atoms with Gasteiger partial charge in [0.15, 0.2) is 11.1 Å². The van der Waals surface area contributed by atoms with Gasteiger partial charge in [-0.25, -0.2) is 4.98 Å². The van der Waals surface area contributed by atoms with Crippen LogP contribution in [0.25, 0.3) is 0 Å². The van der Waals surface area contributed by atoms with E-state index in [1.807, 2.05) is 0 Å². The van der Waals surface area contributed by atoms with Crippen LogP contribution >= 0.6 is 22.9 Å². The van der Waals surface area contributed by atoms with E-state index in [1.165, 1.54) is 17.4 Å². The van der Waals surface area contributed by atoms with Gasteiger partial charge in [-0.3, -0.25) is 0 Å². The van der Waals surface area contributed by atoms with Crippen molar-refractivity contribution in [3.05, 3.63) is 39.8 Å². The van der Waals surface area contributed by atoms with Crippen LogP contribution in [0.3, 0.4) is 0 Å². The lowest BCUT2D eigenvalue weighted by molar-refractivity contribution is -0.153. The molecule has 0 amide bonds. The van der Waals surface area contributed by atoms with Crippen molar-refractivity contribution in [3.63, 3.8) is 0 Å². The van der Waals surface area contributed by atoms with E-state index in [4.69, 9.17) is 16.3 Å². The van der Waals surface area contributed by atoms with Crippen LogP contribution in [-0.4, -0.2) is 17.8 Å². The zero-order valence-electron chi connectivity index (χ0n) is 10.1. The Labute approximate surface area is 122 Å². The summed E-state index contributed by atoms with van der Waals surface area (Å²) >= 11 is 7.00. The summed E-state index contributed by atoms with van der Waals surface area (Å²) in [5, 5.41) is 3.00. The Balaban J connectivity index is 2.00. The molecule has 0 spiro atoms. The van der Waals surface area contributed by atoms with Gasteiger partial charge in [-0.15, -0.1) is 11.3 Å². The Bertz CT molecular complexity index is 574. The number of para-hydroxylation sites is 2. The van der Waals surface area contributed by atoms with Crippen molar-refractivity contribution < 1.29 is 17.9 Å². The number of hydrogen-bond donors (Lipinski definition) is 1. The van der Waals surface area contributed by atoms with E-state index in [-0.39, 0.29) is 5.75 Å². The molecule has 0 atom stereocenters. The molecule has 1 aromatic carbocycles. The molecule has 0 aliphatic carbocycles. The first kappa shape index (κ1) is 14.9. The molecular formula is C12H10ClF3N2OS. The number of ether oxygens (including phenoxy) is 1. The number of anilines is 1. The van der Waals surface area contributed by atoms with E-state index in [1.54, 1.807) is 24.4 Å². The maximum absolute atomic E-state index is 12.2. The molecule has 0 aliphatic rings. The third-order valence-electron chi connectivity index (χ3n) is 2.26. The van der Waals surface area contributed by atoms with Gasteiger partial charge in [0, 0.05) is 11.1 Å². The summed E-state index contributed by atoms with van der Waals surface area (Å²) in [7, 11) is 0. The van der Waals surface area contributed by atoms with Crippen molar-refractivity contribution >= 4 is 28.6 Å². The Hall–Kier alpha value is -1.47. The summed E-state index contributed by atoms with van der Waals surface area (Å²) in [6.07, 6.45) is -2.75. The second kappa shape index (κ2) is 6.32.